The van der Waals surface area contributed by atoms with Crippen LogP contribution in [0.25, 0.3) is 0 Å². The number of benzene rings is 2. The molecule has 0 saturated heterocycles. The van der Waals surface area contributed by atoms with Crippen LogP contribution in [-0.4, -0.2) is 35.0 Å². The minimum atomic E-state index is -3.36. The molecular formula is C22H27NO5S. The zero-order valence-electron chi connectivity index (χ0n) is 17.0. The van der Waals surface area contributed by atoms with E-state index in [1.54, 1.807) is 20.3 Å². The lowest BCUT2D eigenvalue weighted by molar-refractivity contribution is -0.0406. The molecule has 1 heterocycles. The van der Waals surface area contributed by atoms with Crippen LogP contribution in [0.3, 0.4) is 0 Å². The highest BCUT2D eigenvalue weighted by atomic mass is 32.2. The Morgan fingerprint density at radius 1 is 1.00 bits per heavy atom. The van der Waals surface area contributed by atoms with Crippen molar-refractivity contribution in [3.8, 4) is 11.5 Å². The van der Waals surface area contributed by atoms with E-state index in [9.17, 15) is 8.42 Å². The number of fused-ring (bicyclic) bond motifs is 3. The standard InChI is InChI=1S/C22H27NO5S/c1-26-18-11-12-19(27-2)21-20(18)16-9-4-5-10-17(16)28-22(21)14-7-6-8-15(13-14)23-29(3,24)25/h6-8,11-13,16-17,22-23H,4-5,9-10H2,1-3H3/t16-,17-,22+/m0/s1. The molecule has 1 aliphatic carbocycles. The topological polar surface area (TPSA) is 73.9 Å². The van der Waals surface area contributed by atoms with Gasteiger partial charge in [-0.25, -0.2) is 8.42 Å². The van der Waals surface area contributed by atoms with E-state index in [2.05, 4.69) is 4.72 Å². The lowest BCUT2D eigenvalue weighted by atomic mass is 9.75. The molecule has 1 saturated carbocycles. The van der Waals surface area contributed by atoms with Crippen LogP contribution >= 0.6 is 0 Å². The van der Waals surface area contributed by atoms with Gasteiger partial charge in [-0.3, -0.25) is 4.72 Å². The van der Waals surface area contributed by atoms with Crippen LogP contribution in [0, 0.1) is 0 Å². The average Bonchev–Trinajstić information content (AvgIpc) is 2.71. The summed E-state index contributed by atoms with van der Waals surface area (Å²) in [5.74, 6) is 1.89. The zero-order chi connectivity index (χ0) is 20.6. The summed E-state index contributed by atoms with van der Waals surface area (Å²) in [6, 6.07) is 11.2. The number of rotatable bonds is 5. The van der Waals surface area contributed by atoms with Gasteiger partial charge in [0.25, 0.3) is 0 Å². The molecule has 1 aliphatic heterocycles. The van der Waals surface area contributed by atoms with Gasteiger partial charge < -0.3 is 14.2 Å². The minimum Gasteiger partial charge on any atom is -0.496 e. The van der Waals surface area contributed by atoms with Crippen molar-refractivity contribution >= 4 is 15.7 Å². The Morgan fingerprint density at radius 2 is 1.69 bits per heavy atom. The fourth-order valence-corrected chi connectivity index (χ4v) is 5.22. The first-order valence-corrected chi connectivity index (χ1v) is 11.8. The van der Waals surface area contributed by atoms with E-state index < -0.39 is 10.0 Å². The second-order valence-corrected chi connectivity index (χ2v) is 9.49. The molecule has 0 radical (unpaired) electrons. The van der Waals surface area contributed by atoms with Crippen molar-refractivity contribution in [2.45, 2.75) is 43.8 Å². The third-order valence-corrected chi connectivity index (χ3v) is 6.39. The van der Waals surface area contributed by atoms with Crippen LogP contribution in [0.4, 0.5) is 5.69 Å². The van der Waals surface area contributed by atoms with Gasteiger partial charge in [0, 0.05) is 22.7 Å². The Bertz CT molecular complexity index is 1000. The highest BCUT2D eigenvalue weighted by Crippen LogP contribution is 2.52. The predicted octanol–water partition coefficient (Wildman–Crippen LogP) is 4.22. The van der Waals surface area contributed by atoms with E-state index in [1.165, 1.54) is 6.42 Å². The predicted molar refractivity (Wildman–Crippen MR) is 112 cm³/mol. The van der Waals surface area contributed by atoms with Crippen LogP contribution < -0.4 is 14.2 Å². The van der Waals surface area contributed by atoms with E-state index in [1.807, 2.05) is 30.3 Å². The van der Waals surface area contributed by atoms with E-state index in [0.29, 0.717) is 5.69 Å². The number of ether oxygens (including phenoxy) is 3. The number of nitrogens with one attached hydrogen (secondary N) is 1. The van der Waals surface area contributed by atoms with Gasteiger partial charge in [0.15, 0.2) is 0 Å². The molecule has 4 rings (SSSR count). The van der Waals surface area contributed by atoms with E-state index in [-0.39, 0.29) is 18.1 Å². The van der Waals surface area contributed by atoms with Gasteiger partial charge in [-0.1, -0.05) is 25.0 Å². The van der Waals surface area contributed by atoms with Crippen LogP contribution in [-0.2, 0) is 14.8 Å². The average molecular weight is 418 g/mol. The molecule has 2 aromatic rings. The van der Waals surface area contributed by atoms with Crippen molar-refractivity contribution in [2.24, 2.45) is 0 Å². The van der Waals surface area contributed by atoms with Crippen LogP contribution in [0.2, 0.25) is 0 Å². The van der Waals surface area contributed by atoms with Crippen molar-refractivity contribution in [1.82, 2.24) is 0 Å². The van der Waals surface area contributed by atoms with Crippen molar-refractivity contribution in [3.63, 3.8) is 0 Å². The highest BCUT2D eigenvalue weighted by Gasteiger charge is 2.41. The van der Waals surface area contributed by atoms with Crippen LogP contribution in [0.1, 0.15) is 54.4 Å². The summed E-state index contributed by atoms with van der Waals surface area (Å²) in [5, 5.41) is 0. The van der Waals surface area contributed by atoms with Crippen molar-refractivity contribution < 1.29 is 22.6 Å². The number of sulfonamides is 1. The lowest BCUT2D eigenvalue weighted by Crippen LogP contribution is -2.34. The Balaban J connectivity index is 1.86. The minimum absolute atomic E-state index is 0.105. The van der Waals surface area contributed by atoms with E-state index in [4.69, 9.17) is 14.2 Å². The maximum absolute atomic E-state index is 11.7. The molecule has 3 atom stereocenters. The fourth-order valence-electron chi connectivity index (χ4n) is 4.66. The molecular weight excluding hydrogens is 390 g/mol. The molecule has 1 fully saturated rings. The van der Waals surface area contributed by atoms with E-state index >= 15 is 0 Å². The maximum Gasteiger partial charge on any atom is 0.229 e. The molecule has 0 bridgehead atoms. The van der Waals surface area contributed by atoms with Gasteiger partial charge in [-0.2, -0.15) is 0 Å². The molecule has 0 spiro atoms. The number of methoxy groups -OCH3 is 2. The SMILES string of the molecule is COc1ccc(OC)c2c1[C@@H](c1cccc(NS(C)(=O)=O)c1)O[C@H]1CCCC[C@H]21. The van der Waals surface area contributed by atoms with Crippen LogP contribution in [0.15, 0.2) is 36.4 Å². The van der Waals surface area contributed by atoms with Gasteiger partial charge in [0.2, 0.25) is 10.0 Å². The molecule has 1 N–H and O–H groups in total. The molecule has 0 amide bonds. The van der Waals surface area contributed by atoms with Gasteiger partial charge in [-0.15, -0.1) is 0 Å². The quantitative estimate of drug-likeness (QED) is 0.788. The Hall–Kier alpha value is -2.25. The van der Waals surface area contributed by atoms with Gasteiger partial charge >= 0.3 is 0 Å². The molecule has 2 aliphatic rings. The second-order valence-electron chi connectivity index (χ2n) is 7.74. The molecule has 156 valence electrons. The molecule has 6 nitrogen and oxygen atoms in total. The Morgan fingerprint density at radius 3 is 2.38 bits per heavy atom. The van der Waals surface area contributed by atoms with Crippen LogP contribution in [0.5, 0.6) is 11.5 Å². The molecule has 7 heteroatoms. The largest absolute Gasteiger partial charge is 0.496 e. The normalized spacial score (nSPS) is 23.6. The number of hydrogen-bond acceptors (Lipinski definition) is 5. The molecule has 2 aromatic carbocycles. The highest BCUT2D eigenvalue weighted by molar-refractivity contribution is 7.92. The molecule has 29 heavy (non-hydrogen) atoms. The van der Waals surface area contributed by atoms with Gasteiger partial charge in [0.1, 0.15) is 17.6 Å². The first-order valence-electron chi connectivity index (χ1n) is 9.89. The smallest absolute Gasteiger partial charge is 0.229 e. The summed E-state index contributed by atoms with van der Waals surface area (Å²) in [6.45, 7) is 0. The first-order chi connectivity index (χ1) is 13.9. The molecule has 0 unspecified atom stereocenters. The summed E-state index contributed by atoms with van der Waals surface area (Å²) in [6.07, 6.45) is 5.27. The molecule has 0 aromatic heterocycles. The third kappa shape index (κ3) is 3.94. The Kier molecular flexibility index (Phi) is 5.44. The summed E-state index contributed by atoms with van der Waals surface area (Å²) < 4.78 is 44.0. The van der Waals surface area contributed by atoms with E-state index in [0.717, 1.165) is 53.7 Å². The summed E-state index contributed by atoms with van der Waals surface area (Å²) in [7, 11) is -0.00727. The van der Waals surface area contributed by atoms with Gasteiger partial charge in [-0.05, 0) is 42.7 Å². The first kappa shape index (κ1) is 20.0. The van der Waals surface area contributed by atoms with Crippen molar-refractivity contribution in [3.05, 3.63) is 53.1 Å². The third-order valence-electron chi connectivity index (χ3n) is 5.79. The number of hydrogen-bond donors (Lipinski definition) is 1. The maximum atomic E-state index is 11.7. The number of anilines is 1. The Labute approximate surface area is 172 Å². The lowest BCUT2D eigenvalue weighted by Gasteiger charge is -2.42. The summed E-state index contributed by atoms with van der Waals surface area (Å²) >= 11 is 0. The second kappa shape index (κ2) is 7.88. The van der Waals surface area contributed by atoms with Crippen molar-refractivity contribution in [2.75, 3.05) is 25.2 Å². The monoisotopic (exact) mass is 417 g/mol. The van der Waals surface area contributed by atoms with Crippen molar-refractivity contribution in [1.29, 1.82) is 0 Å². The summed E-state index contributed by atoms with van der Waals surface area (Å²) in [5.41, 5.74) is 3.54. The zero-order valence-corrected chi connectivity index (χ0v) is 17.8. The summed E-state index contributed by atoms with van der Waals surface area (Å²) in [4.78, 5) is 0. The van der Waals surface area contributed by atoms with Gasteiger partial charge in [0.05, 0.1) is 26.6 Å². The fraction of sp³-hybridized carbons (Fsp3) is 0.455.